The largest absolute Gasteiger partial charge is 0.477 e. The van der Waals surface area contributed by atoms with Crippen LogP contribution in [0.4, 0.5) is 0 Å². The summed E-state index contributed by atoms with van der Waals surface area (Å²) < 4.78 is 5.76. The van der Waals surface area contributed by atoms with E-state index in [1.54, 1.807) is 19.2 Å². The van der Waals surface area contributed by atoms with Crippen LogP contribution >= 0.6 is 34.5 Å². The molecule has 4 atom stereocenters. The Hall–Kier alpha value is -1.11. The van der Waals surface area contributed by atoms with E-state index in [2.05, 4.69) is 0 Å². The van der Waals surface area contributed by atoms with Gasteiger partial charge in [0.15, 0.2) is 0 Å². The molecule has 2 aromatic rings. The summed E-state index contributed by atoms with van der Waals surface area (Å²) in [7, 11) is 1.76. The molecule has 2 N–H and O–H groups in total. The van der Waals surface area contributed by atoms with Crippen LogP contribution in [0.5, 0.6) is 0 Å². The molecule has 1 aromatic carbocycles. The number of carboxylic acid groups (broad SMARTS) is 1. The van der Waals surface area contributed by atoms with Crippen LogP contribution in [-0.4, -0.2) is 34.8 Å². The SMILES string of the molecule is COC1CC(Cl)C(CCCc2ccc(C(=O)O)s2)C1CCc1cc(Cl)cc(CO)c1. The van der Waals surface area contributed by atoms with E-state index in [0.717, 1.165) is 54.5 Å². The zero-order valence-corrected chi connectivity index (χ0v) is 19.3. The lowest BCUT2D eigenvalue weighted by molar-refractivity contribution is 0.0562. The van der Waals surface area contributed by atoms with Crippen molar-refractivity contribution in [3.63, 3.8) is 0 Å². The lowest BCUT2D eigenvalue weighted by Crippen LogP contribution is -2.23. The number of methoxy groups -OCH3 is 1. The van der Waals surface area contributed by atoms with Gasteiger partial charge in [-0.3, -0.25) is 0 Å². The van der Waals surface area contributed by atoms with Crippen molar-refractivity contribution in [2.75, 3.05) is 7.11 Å². The first kappa shape index (κ1) is 23.6. The molecule has 1 aromatic heterocycles. The number of ether oxygens (including phenoxy) is 1. The third-order valence-electron chi connectivity index (χ3n) is 6.05. The van der Waals surface area contributed by atoms with E-state index in [0.29, 0.717) is 21.7 Å². The number of thiophene rings is 1. The normalized spacial score (nSPS) is 23.7. The highest BCUT2D eigenvalue weighted by Crippen LogP contribution is 2.43. The van der Waals surface area contributed by atoms with E-state index in [1.807, 2.05) is 18.2 Å². The Labute approximate surface area is 191 Å². The first-order valence-electron chi connectivity index (χ1n) is 10.3. The van der Waals surface area contributed by atoms with Gasteiger partial charge in [0, 0.05) is 22.4 Å². The van der Waals surface area contributed by atoms with Crippen molar-refractivity contribution in [3.05, 3.63) is 56.2 Å². The third-order valence-corrected chi connectivity index (χ3v) is 7.90. The molecular weight excluding hydrogens is 443 g/mol. The first-order valence-corrected chi connectivity index (χ1v) is 11.9. The number of hydrogen-bond acceptors (Lipinski definition) is 4. The second-order valence-electron chi connectivity index (χ2n) is 7.98. The highest BCUT2D eigenvalue weighted by atomic mass is 35.5. The summed E-state index contributed by atoms with van der Waals surface area (Å²) in [6.07, 6.45) is 5.67. The van der Waals surface area contributed by atoms with Crippen LogP contribution in [0.1, 0.15) is 51.4 Å². The Balaban J connectivity index is 1.60. The first-order chi connectivity index (χ1) is 14.4. The summed E-state index contributed by atoms with van der Waals surface area (Å²) >= 11 is 14.3. The minimum atomic E-state index is -0.865. The average Bonchev–Trinajstić information content (AvgIpc) is 3.31. The molecule has 1 aliphatic rings. The molecule has 0 amide bonds. The predicted octanol–water partition coefficient (Wildman–Crippen LogP) is 5.81. The van der Waals surface area contributed by atoms with Crippen LogP contribution < -0.4 is 0 Å². The topological polar surface area (TPSA) is 66.8 Å². The van der Waals surface area contributed by atoms with Gasteiger partial charge in [0.25, 0.3) is 0 Å². The second kappa shape index (κ2) is 11.0. The summed E-state index contributed by atoms with van der Waals surface area (Å²) in [6.45, 7) is -0.0175. The maximum Gasteiger partial charge on any atom is 0.345 e. The molecular formula is C23H28Cl2O4S. The van der Waals surface area contributed by atoms with Crippen LogP contribution in [-0.2, 0) is 24.2 Å². The minimum Gasteiger partial charge on any atom is -0.477 e. The van der Waals surface area contributed by atoms with Crippen LogP contribution in [0.25, 0.3) is 0 Å². The number of halogens is 2. The van der Waals surface area contributed by atoms with Gasteiger partial charge in [-0.05, 0) is 85.8 Å². The Morgan fingerprint density at radius 1 is 1.17 bits per heavy atom. The van der Waals surface area contributed by atoms with Crippen molar-refractivity contribution in [1.29, 1.82) is 0 Å². The van der Waals surface area contributed by atoms with Gasteiger partial charge in [-0.1, -0.05) is 17.7 Å². The molecule has 0 saturated heterocycles. The van der Waals surface area contributed by atoms with Crippen molar-refractivity contribution in [2.24, 2.45) is 11.8 Å². The van der Waals surface area contributed by atoms with E-state index >= 15 is 0 Å². The van der Waals surface area contributed by atoms with E-state index in [1.165, 1.54) is 11.3 Å². The van der Waals surface area contributed by atoms with E-state index in [9.17, 15) is 9.90 Å². The van der Waals surface area contributed by atoms with Crippen molar-refractivity contribution in [3.8, 4) is 0 Å². The number of alkyl halides is 1. The van der Waals surface area contributed by atoms with Gasteiger partial charge in [0.05, 0.1) is 12.7 Å². The zero-order chi connectivity index (χ0) is 21.7. The molecule has 3 rings (SSSR count). The number of aliphatic hydroxyl groups excluding tert-OH is 1. The van der Waals surface area contributed by atoms with E-state index in [4.69, 9.17) is 33.0 Å². The zero-order valence-electron chi connectivity index (χ0n) is 17.0. The van der Waals surface area contributed by atoms with Gasteiger partial charge in [0.2, 0.25) is 0 Å². The number of benzene rings is 1. The van der Waals surface area contributed by atoms with Crippen molar-refractivity contribution >= 4 is 40.5 Å². The molecule has 1 aliphatic carbocycles. The number of carboxylic acids is 1. The Morgan fingerprint density at radius 3 is 2.60 bits per heavy atom. The summed E-state index contributed by atoms with van der Waals surface area (Å²) in [4.78, 5) is 12.6. The fourth-order valence-electron chi connectivity index (χ4n) is 4.61. The van der Waals surface area contributed by atoms with Gasteiger partial charge in [0.1, 0.15) is 4.88 Å². The molecule has 164 valence electrons. The van der Waals surface area contributed by atoms with Crippen molar-refractivity contribution in [2.45, 2.75) is 56.6 Å². The highest BCUT2D eigenvalue weighted by molar-refractivity contribution is 7.13. The van der Waals surface area contributed by atoms with Gasteiger partial charge in [-0.15, -0.1) is 22.9 Å². The van der Waals surface area contributed by atoms with Crippen molar-refractivity contribution < 1.29 is 19.7 Å². The maximum absolute atomic E-state index is 11.1. The lowest BCUT2D eigenvalue weighted by atomic mass is 9.85. The number of carbonyl (C=O) groups is 1. The monoisotopic (exact) mass is 470 g/mol. The average molecular weight is 471 g/mol. The van der Waals surface area contributed by atoms with E-state index in [-0.39, 0.29) is 18.1 Å². The number of aliphatic hydroxyl groups is 1. The van der Waals surface area contributed by atoms with Crippen LogP contribution in [0.15, 0.2) is 30.3 Å². The van der Waals surface area contributed by atoms with Crippen molar-refractivity contribution in [1.82, 2.24) is 0 Å². The molecule has 0 aliphatic heterocycles. The summed E-state index contributed by atoms with van der Waals surface area (Å²) in [5.74, 6) is -0.129. The summed E-state index contributed by atoms with van der Waals surface area (Å²) in [5, 5.41) is 19.2. The fraction of sp³-hybridized carbons (Fsp3) is 0.522. The maximum atomic E-state index is 11.1. The second-order valence-corrected chi connectivity index (χ2v) is 10.1. The standard InChI is InChI=1S/C23H28Cl2O4S/c1-29-21-12-20(25)18(4-2-3-17-6-8-22(30-17)23(27)28)19(21)7-5-14-9-15(13-26)11-16(24)10-14/h6,8-11,18-21,26H,2-5,7,12-13H2,1H3,(H,27,28). The molecule has 7 heteroatoms. The predicted molar refractivity (Wildman–Crippen MR) is 122 cm³/mol. The molecule has 1 heterocycles. The lowest BCUT2D eigenvalue weighted by Gasteiger charge is -2.25. The molecule has 0 radical (unpaired) electrons. The molecule has 30 heavy (non-hydrogen) atoms. The fourth-order valence-corrected chi connectivity index (χ4v) is 6.26. The van der Waals surface area contributed by atoms with Crippen LogP contribution in [0.2, 0.25) is 5.02 Å². The van der Waals surface area contributed by atoms with Crippen LogP contribution in [0, 0.1) is 11.8 Å². The smallest absolute Gasteiger partial charge is 0.345 e. The Morgan fingerprint density at radius 2 is 1.93 bits per heavy atom. The molecule has 4 nitrogen and oxygen atoms in total. The molecule has 1 fully saturated rings. The highest BCUT2D eigenvalue weighted by Gasteiger charge is 2.41. The molecule has 4 unspecified atom stereocenters. The molecule has 0 spiro atoms. The molecule has 1 saturated carbocycles. The third kappa shape index (κ3) is 5.98. The summed E-state index contributed by atoms with van der Waals surface area (Å²) in [6, 6.07) is 9.34. The number of aromatic carboxylic acids is 1. The summed E-state index contributed by atoms with van der Waals surface area (Å²) in [5.41, 5.74) is 1.95. The molecule has 0 bridgehead atoms. The Bertz CT molecular complexity index is 853. The van der Waals surface area contributed by atoms with Gasteiger partial charge < -0.3 is 14.9 Å². The van der Waals surface area contributed by atoms with Gasteiger partial charge in [-0.25, -0.2) is 4.79 Å². The number of aryl methyl sites for hydroxylation is 2. The van der Waals surface area contributed by atoms with Crippen LogP contribution in [0.3, 0.4) is 0 Å². The minimum absolute atomic E-state index is 0.0175. The van der Waals surface area contributed by atoms with Gasteiger partial charge >= 0.3 is 5.97 Å². The quantitative estimate of drug-likeness (QED) is 0.430. The van der Waals surface area contributed by atoms with E-state index < -0.39 is 5.97 Å². The number of rotatable bonds is 10. The van der Waals surface area contributed by atoms with Gasteiger partial charge in [-0.2, -0.15) is 0 Å². The Kier molecular flexibility index (Phi) is 8.61. The number of hydrogen-bond donors (Lipinski definition) is 2.